The van der Waals surface area contributed by atoms with Crippen LogP contribution in [0.3, 0.4) is 0 Å². The highest BCUT2D eigenvalue weighted by molar-refractivity contribution is 7.07. The highest BCUT2D eigenvalue weighted by Crippen LogP contribution is 2.28. The number of hydrogen-bond donors (Lipinski definition) is 0. The molecule has 0 N–H and O–H groups in total. The van der Waals surface area contributed by atoms with Gasteiger partial charge < -0.3 is 14.4 Å². The molecule has 0 saturated heterocycles. The van der Waals surface area contributed by atoms with Gasteiger partial charge in [-0.25, -0.2) is 4.79 Å². The third kappa shape index (κ3) is 6.08. The molecule has 0 radical (unpaired) electrons. The molecule has 2 aromatic carbocycles. The first kappa shape index (κ1) is 26.0. The van der Waals surface area contributed by atoms with Crippen molar-refractivity contribution in [2.24, 2.45) is 0 Å². The SMILES string of the molecule is C=C(C)CN(CC)C(=O)Cn1c(=O)/c(=C\c2c(OC)ccc3ccccc23)s/c1=C\C(=O)OCC. The zero-order chi connectivity index (χ0) is 25.5. The highest BCUT2D eigenvalue weighted by Gasteiger charge is 2.17. The van der Waals surface area contributed by atoms with Gasteiger partial charge in [-0.15, -0.1) is 11.3 Å². The molecule has 3 rings (SSSR count). The van der Waals surface area contributed by atoms with Gasteiger partial charge >= 0.3 is 5.97 Å². The van der Waals surface area contributed by atoms with E-state index in [4.69, 9.17) is 9.47 Å². The Morgan fingerprint density at radius 2 is 1.91 bits per heavy atom. The van der Waals surface area contributed by atoms with Crippen molar-refractivity contribution < 1.29 is 19.1 Å². The van der Waals surface area contributed by atoms with Crippen LogP contribution in [0.5, 0.6) is 5.75 Å². The number of carbonyl (C=O) groups is 2. The van der Waals surface area contributed by atoms with Crippen molar-refractivity contribution in [3.63, 3.8) is 0 Å². The second-order valence-corrected chi connectivity index (χ2v) is 9.07. The molecule has 3 aromatic rings. The second-order valence-electron chi connectivity index (χ2n) is 8.00. The normalized spacial score (nSPS) is 12.1. The quantitative estimate of drug-likeness (QED) is 0.338. The summed E-state index contributed by atoms with van der Waals surface area (Å²) in [5, 5.41) is 1.93. The van der Waals surface area contributed by atoms with E-state index in [2.05, 4.69) is 6.58 Å². The Hall–Kier alpha value is -3.65. The number of hydrogen-bond acceptors (Lipinski definition) is 6. The van der Waals surface area contributed by atoms with Crippen molar-refractivity contribution >= 4 is 46.1 Å². The Kier molecular flexibility index (Phi) is 8.65. The third-order valence-electron chi connectivity index (χ3n) is 5.38. The van der Waals surface area contributed by atoms with Gasteiger partial charge in [0.05, 0.1) is 24.3 Å². The Morgan fingerprint density at radius 1 is 1.17 bits per heavy atom. The van der Waals surface area contributed by atoms with Crippen molar-refractivity contribution in [3.05, 3.63) is 73.7 Å². The van der Waals surface area contributed by atoms with Crippen LogP contribution in [0.25, 0.3) is 22.9 Å². The summed E-state index contributed by atoms with van der Waals surface area (Å²) in [5.74, 6) is -0.185. The summed E-state index contributed by atoms with van der Waals surface area (Å²) in [5.41, 5.74) is 1.23. The molecule has 0 aliphatic heterocycles. The van der Waals surface area contributed by atoms with Gasteiger partial charge in [0.2, 0.25) is 5.91 Å². The van der Waals surface area contributed by atoms with Crippen LogP contribution in [0.4, 0.5) is 0 Å². The van der Waals surface area contributed by atoms with Crippen molar-refractivity contribution in [1.29, 1.82) is 0 Å². The number of esters is 1. The molecule has 8 heteroatoms. The van der Waals surface area contributed by atoms with E-state index in [1.54, 1.807) is 25.0 Å². The molecule has 1 heterocycles. The molecule has 0 bridgehead atoms. The molecule has 0 aliphatic rings. The number of aromatic nitrogens is 1. The molecule has 0 saturated carbocycles. The van der Waals surface area contributed by atoms with Gasteiger partial charge in [0.15, 0.2) is 0 Å². The monoisotopic (exact) mass is 494 g/mol. The Balaban J connectivity index is 2.21. The van der Waals surface area contributed by atoms with E-state index < -0.39 is 5.97 Å². The fourth-order valence-corrected chi connectivity index (χ4v) is 4.76. The standard InChI is InChI=1S/C27H30N2O5S/c1-6-28(16-18(3)4)24(30)17-29-25(15-26(31)34-7-2)35-23(27(29)32)14-21-20-11-9-8-10-19(20)12-13-22(21)33-5/h8-15H,3,6-7,16-17H2,1-2,4-5H3/b23-14+,25-15-. The molecule has 0 atom stereocenters. The van der Waals surface area contributed by atoms with Gasteiger partial charge in [0.1, 0.15) is 17.0 Å². The summed E-state index contributed by atoms with van der Waals surface area (Å²) in [6.07, 6.45) is 3.01. The Labute approximate surface area is 208 Å². The molecule has 7 nitrogen and oxygen atoms in total. The number of amides is 1. The van der Waals surface area contributed by atoms with Gasteiger partial charge in [-0.05, 0) is 43.7 Å². The first-order chi connectivity index (χ1) is 16.8. The fraction of sp³-hybridized carbons (Fsp3) is 0.296. The topological polar surface area (TPSA) is 77.8 Å². The van der Waals surface area contributed by atoms with E-state index in [9.17, 15) is 14.4 Å². The predicted octanol–water partition coefficient (Wildman–Crippen LogP) is 2.67. The first-order valence-corrected chi connectivity index (χ1v) is 12.2. The van der Waals surface area contributed by atoms with E-state index >= 15 is 0 Å². The van der Waals surface area contributed by atoms with E-state index in [0.29, 0.717) is 28.0 Å². The number of benzene rings is 2. The van der Waals surface area contributed by atoms with Crippen LogP contribution in [-0.4, -0.2) is 48.1 Å². The van der Waals surface area contributed by atoms with Gasteiger partial charge in [-0.3, -0.25) is 14.2 Å². The summed E-state index contributed by atoms with van der Waals surface area (Å²) in [4.78, 5) is 40.3. The Bertz CT molecular complexity index is 1430. The molecule has 1 aromatic heterocycles. The van der Waals surface area contributed by atoms with E-state index in [0.717, 1.165) is 33.2 Å². The number of likely N-dealkylation sites (N-methyl/N-ethyl adjacent to an activating group) is 1. The van der Waals surface area contributed by atoms with Crippen LogP contribution in [0, 0.1) is 0 Å². The lowest BCUT2D eigenvalue weighted by Gasteiger charge is -2.21. The molecule has 35 heavy (non-hydrogen) atoms. The van der Waals surface area contributed by atoms with Gasteiger partial charge in [-0.2, -0.15) is 0 Å². The molecule has 0 spiro atoms. The zero-order valence-corrected chi connectivity index (χ0v) is 21.3. The lowest BCUT2D eigenvalue weighted by atomic mass is 10.0. The number of carbonyl (C=O) groups excluding carboxylic acids is 2. The minimum Gasteiger partial charge on any atom is -0.496 e. The number of fused-ring (bicyclic) bond motifs is 1. The van der Waals surface area contributed by atoms with Crippen molar-refractivity contribution in [1.82, 2.24) is 9.47 Å². The number of thiazole rings is 1. The zero-order valence-electron chi connectivity index (χ0n) is 20.5. The maximum Gasteiger partial charge on any atom is 0.333 e. The molecule has 0 unspecified atom stereocenters. The van der Waals surface area contributed by atoms with E-state index in [1.165, 1.54) is 10.6 Å². The van der Waals surface area contributed by atoms with Gasteiger partial charge in [0.25, 0.3) is 5.56 Å². The van der Waals surface area contributed by atoms with Gasteiger partial charge in [0, 0.05) is 18.7 Å². The average Bonchev–Trinajstić information content (AvgIpc) is 3.11. The Morgan fingerprint density at radius 3 is 2.57 bits per heavy atom. The van der Waals surface area contributed by atoms with Crippen molar-refractivity contribution in [2.45, 2.75) is 27.3 Å². The average molecular weight is 495 g/mol. The summed E-state index contributed by atoms with van der Waals surface area (Å²) < 4.78 is 12.7. The summed E-state index contributed by atoms with van der Waals surface area (Å²) in [6, 6.07) is 11.6. The molecule has 0 fully saturated rings. The minimum atomic E-state index is -0.571. The molecular formula is C27H30N2O5S. The van der Waals surface area contributed by atoms with Gasteiger partial charge in [-0.1, -0.05) is 42.5 Å². The molecule has 184 valence electrons. The molecular weight excluding hydrogens is 464 g/mol. The van der Waals surface area contributed by atoms with Crippen LogP contribution in [-0.2, 0) is 20.9 Å². The van der Waals surface area contributed by atoms with Crippen LogP contribution >= 0.6 is 11.3 Å². The van der Waals surface area contributed by atoms with E-state index in [1.807, 2.05) is 50.2 Å². The maximum absolute atomic E-state index is 13.5. The van der Waals surface area contributed by atoms with Crippen molar-refractivity contribution in [2.75, 3.05) is 26.8 Å². The minimum absolute atomic E-state index is 0.192. The summed E-state index contributed by atoms with van der Waals surface area (Å²) in [7, 11) is 1.58. The smallest absolute Gasteiger partial charge is 0.333 e. The second kappa shape index (κ2) is 11.7. The summed E-state index contributed by atoms with van der Waals surface area (Å²) in [6.45, 7) is 10.2. The van der Waals surface area contributed by atoms with Crippen LogP contribution in [0.2, 0.25) is 0 Å². The van der Waals surface area contributed by atoms with E-state index in [-0.39, 0.29) is 24.6 Å². The lowest BCUT2D eigenvalue weighted by molar-refractivity contribution is -0.135. The molecule has 1 amide bonds. The third-order valence-corrected chi connectivity index (χ3v) is 6.44. The highest BCUT2D eigenvalue weighted by atomic mass is 32.1. The first-order valence-electron chi connectivity index (χ1n) is 11.4. The van der Waals surface area contributed by atoms with Crippen LogP contribution in [0.15, 0.2) is 53.3 Å². The largest absolute Gasteiger partial charge is 0.496 e. The summed E-state index contributed by atoms with van der Waals surface area (Å²) >= 11 is 1.13. The number of ether oxygens (including phenoxy) is 2. The predicted molar refractivity (Wildman–Crippen MR) is 140 cm³/mol. The number of rotatable bonds is 9. The van der Waals surface area contributed by atoms with Crippen LogP contribution in [0.1, 0.15) is 26.3 Å². The number of nitrogens with zero attached hydrogens (tertiary/aromatic N) is 2. The van der Waals surface area contributed by atoms with Crippen LogP contribution < -0.4 is 19.5 Å². The van der Waals surface area contributed by atoms with Crippen molar-refractivity contribution in [3.8, 4) is 5.75 Å². The number of methoxy groups -OCH3 is 1. The maximum atomic E-state index is 13.5. The lowest BCUT2D eigenvalue weighted by Crippen LogP contribution is -2.41. The fourth-order valence-electron chi connectivity index (χ4n) is 3.75. The molecule has 0 aliphatic carbocycles.